The Morgan fingerprint density at radius 3 is 2.33 bits per heavy atom. The van der Waals surface area contributed by atoms with Crippen LogP contribution in [0.1, 0.15) is 18.1 Å². The van der Waals surface area contributed by atoms with Crippen LogP contribution in [0.5, 0.6) is 0 Å². The predicted molar refractivity (Wildman–Crippen MR) is 81.1 cm³/mol. The lowest BCUT2D eigenvalue weighted by atomic mass is 9.91. The summed E-state index contributed by atoms with van der Waals surface area (Å²) in [4.78, 5) is 12.2. The number of carbonyl (C=O) groups is 1. The van der Waals surface area contributed by atoms with Crippen LogP contribution in [-0.2, 0) is 16.8 Å². The van der Waals surface area contributed by atoms with E-state index in [0.29, 0.717) is 6.54 Å². The summed E-state index contributed by atoms with van der Waals surface area (Å²) in [5, 5.41) is 2.96. The van der Waals surface area contributed by atoms with Crippen LogP contribution in [0.3, 0.4) is 0 Å². The third kappa shape index (κ3) is 3.89. The van der Waals surface area contributed by atoms with Crippen molar-refractivity contribution in [2.24, 2.45) is 5.73 Å². The fourth-order valence-corrected chi connectivity index (χ4v) is 2.19. The number of carbonyl (C=O) groups excluding carboxylic acids is 1. The van der Waals surface area contributed by atoms with Crippen molar-refractivity contribution in [3.05, 3.63) is 71.5 Å². The van der Waals surface area contributed by atoms with Gasteiger partial charge in [-0.05, 0) is 30.2 Å². The molecule has 0 aliphatic heterocycles. The molecule has 21 heavy (non-hydrogen) atoms. The second-order valence-corrected chi connectivity index (χ2v) is 5.25. The van der Waals surface area contributed by atoms with Crippen molar-refractivity contribution in [1.29, 1.82) is 0 Å². The van der Waals surface area contributed by atoms with Gasteiger partial charge in [-0.25, -0.2) is 4.39 Å². The quantitative estimate of drug-likeness (QED) is 0.886. The van der Waals surface area contributed by atoms with Crippen molar-refractivity contribution >= 4 is 5.91 Å². The molecule has 110 valence electrons. The highest BCUT2D eigenvalue weighted by molar-refractivity contribution is 5.79. The summed E-state index contributed by atoms with van der Waals surface area (Å²) in [5.41, 5.74) is 6.95. The molecule has 0 heterocycles. The highest BCUT2D eigenvalue weighted by Crippen LogP contribution is 2.19. The lowest BCUT2D eigenvalue weighted by molar-refractivity contribution is -0.122. The van der Waals surface area contributed by atoms with Gasteiger partial charge in [-0.3, -0.25) is 4.79 Å². The van der Waals surface area contributed by atoms with Gasteiger partial charge in [0.25, 0.3) is 0 Å². The molecule has 0 radical (unpaired) electrons. The number of benzene rings is 2. The Morgan fingerprint density at radius 2 is 1.76 bits per heavy atom. The van der Waals surface area contributed by atoms with E-state index in [1.54, 1.807) is 12.1 Å². The first kappa shape index (κ1) is 15.2. The molecule has 3 nitrogen and oxygen atoms in total. The highest BCUT2D eigenvalue weighted by Gasteiger charge is 2.26. The van der Waals surface area contributed by atoms with Crippen molar-refractivity contribution in [3.63, 3.8) is 0 Å². The van der Waals surface area contributed by atoms with E-state index in [1.807, 2.05) is 37.3 Å². The summed E-state index contributed by atoms with van der Waals surface area (Å²) >= 11 is 0. The minimum absolute atomic E-state index is 0.140. The molecule has 2 aromatic rings. The monoisotopic (exact) mass is 286 g/mol. The van der Waals surface area contributed by atoms with E-state index in [2.05, 4.69) is 5.32 Å². The van der Waals surface area contributed by atoms with Crippen LogP contribution in [0.25, 0.3) is 0 Å². The minimum atomic E-state index is -0.613. The fraction of sp³-hybridized carbons (Fsp3) is 0.235. The topological polar surface area (TPSA) is 55.1 Å². The summed E-state index contributed by atoms with van der Waals surface area (Å²) in [7, 11) is 0. The fourth-order valence-electron chi connectivity index (χ4n) is 2.19. The first-order valence-corrected chi connectivity index (χ1v) is 6.84. The van der Waals surface area contributed by atoms with Gasteiger partial charge in [0.05, 0.1) is 12.0 Å². The normalized spacial score (nSPS) is 13.5. The molecule has 3 N–H and O–H groups in total. The average molecular weight is 286 g/mol. The van der Waals surface area contributed by atoms with Crippen LogP contribution in [0.4, 0.5) is 4.39 Å². The smallest absolute Gasteiger partial charge is 0.225 e. The summed E-state index contributed by atoms with van der Waals surface area (Å²) in [6.45, 7) is 2.19. The Hall–Kier alpha value is -2.20. The molecule has 0 fully saturated rings. The number of hydrogen-bond acceptors (Lipinski definition) is 2. The zero-order valence-corrected chi connectivity index (χ0v) is 12.0. The van der Waals surface area contributed by atoms with E-state index in [1.165, 1.54) is 12.1 Å². The van der Waals surface area contributed by atoms with Gasteiger partial charge >= 0.3 is 0 Å². The van der Waals surface area contributed by atoms with E-state index in [-0.39, 0.29) is 18.1 Å². The highest BCUT2D eigenvalue weighted by atomic mass is 19.1. The zero-order valence-electron chi connectivity index (χ0n) is 12.0. The Morgan fingerprint density at radius 1 is 1.14 bits per heavy atom. The Balaban J connectivity index is 2.08. The first-order valence-electron chi connectivity index (χ1n) is 6.84. The second-order valence-electron chi connectivity index (χ2n) is 5.25. The predicted octanol–water partition coefficient (Wildman–Crippen LogP) is 2.36. The van der Waals surface area contributed by atoms with Crippen LogP contribution in [0, 0.1) is 5.82 Å². The average Bonchev–Trinajstić information content (AvgIpc) is 2.50. The van der Waals surface area contributed by atoms with E-state index < -0.39 is 5.54 Å². The molecule has 2 aromatic carbocycles. The van der Waals surface area contributed by atoms with Crippen LogP contribution in [0.2, 0.25) is 0 Å². The summed E-state index contributed by atoms with van der Waals surface area (Å²) < 4.78 is 12.9. The molecule has 1 atom stereocenters. The van der Waals surface area contributed by atoms with Crippen LogP contribution < -0.4 is 11.1 Å². The maximum atomic E-state index is 12.9. The molecule has 0 spiro atoms. The molecule has 0 saturated heterocycles. The molecular formula is C17H19FN2O. The summed E-state index contributed by atoms with van der Waals surface area (Å²) in [6, 6.07) is 15.5. The molecular weight excluding hydrogens is 267 g/mol. The SMILES string of the molecule is CC(CN)(NC(=O)Cc1ccc(F)cc1)c1ccccc1. The summed E-state index contributed by atoms with van der Waals surface area (Å²) in [6.07, 6.45) is 0.197. The van der Waals surface area contributed by atoms with E-state index in [4.69, 9.17) is 5.73 Å². The van der Waals surface area contributed by atoms with Gasteiger partial charge in [-0.1, -0.05) is 42.5 Å². The number of nitrogens with two attached hydrogens (primary N) is 1. The van der Waals surface area contributed by atoms with Gasteiger partial charge in [0.1, 0.15) is 5.82 Å². The van der Waals surface area contributed by atoms with Gasteiger partial charge < -0.3 is 11.1 Å². The Bertz CT molecular complexity index is 598. The Labute approximate surface area is 124 Å². The van der Waals surface area contributed by atoms with Gasteiger partial charge in [0, 0.05) is 6.54 Å². The van der Waals surface area contributed by atoms with E-state index in [9.17, 15) is 9.18 Å². The number of hydrogen-bond donors (Lipinski definition) is 2. The minimum Gasteiger partial charge on any atom is -0.345 e. The van der Waals surface area contributed by atoms with Crippen molar-refractivity contribution in [1.82, 2.24) is 5.32 Å². The lowest BCUT2D eigenvalue weighted by Gasteiger charge is -2.30. The van der Waals surface area contributed by atoms with Crippen molar-refractivity contribution in [2.75, 3.05) is 6.54 Å². The molecule has 0 bridgehead atoms. The first-order chi connectivity index (χ1) is 10.0. The standard InChI is InChI=1S/C17H19FN2O/c1-17(12-19,14-5-3-2-4-6-14)20-16(21)11-13-7-9-15(18)10-8-13/h2-10H,11-12,19H2,1H3,(H,20,21). The molecule has 0 aliphatic carbocycles. The van der Waals surface area contributed by atoms with Crippen LogP contribution in [-0.4, -0.2) is 12.5 Å². The van der Waals surface area contributed by atoms with E-state index >= 15 is 0 Å². The number of amides is 1. The third-order valence-electron chi connectivity index (χ3n) is 3.51. The largest absolute Gasteiger partial charge is 0.345 e. The van der Waals surface area contributed by atoms with Gasteiger partial charge in [-0.15, -0.1) is 0 Å². The maximum absolute atomic E-state index is 12.9. The van der Waals surface area contributed by atoms with Crippen molar-refractivity contribution in [2.45, 2.75) is 18.9 Å². The lowest BCUT2D eigenvalue weighted by Crippen LogP contribution is -2.49. The van der Waals surface area contributed by atoms with Crippen LogP contribution >= 0.6 is 0 Å². The second kappa shape index (κ2) is 6.50. The Kier molecular flexibility index (Phi) is 4.70. The van der Waals surface area contributed by atoms with Gasteiger partial charge in [0.15, 0.2) is 0 Å². The van der Waals surface area contributed by atoms with Crippen molar-refractivity contribution in [3.8, 4) is 0 Å². The molecule has 0 aromatic heterocycles. The van der Waals surface area contributed by atoms with Gasteiger partial charge in [0.2, 0.25) is 5.91 Å². The molecule has 2 rings (SSSR count). The maximum Gasteiger partial charge on any atom is 0.225 e. The van der Waals surface area contributed by atoms with Crippen molar-refractivity contribution < 1.29 is 9.18 Å². The number of nitrogens with one attached hydrogen (secondary N) is 1. The molecule has 1 amide bonds. The number of rotatable bonds is 5. The molecule has 1 unspecified atom stereocenters. The number of halogens is 1. The van der Waals surface area contributed by atoms with Crippen LogP contribution in [0.15, 0.2) is 54.6 Å². The molecule has 0 aliphatic rings. The third-order valence-corrected chi connectivity index (χ3v) is 3.51. The summed E-state index contributed by atoms with van der Waals surface area (Å²) in [5.74, 6) is -0.450. The molecule has 4 heteroatoms. The molecule has 0 saturated carbocycles. The van der Waals surface area contributed by atoms with E-state index in [0.717, 1.165) is 11.1 Å². The zero-order chi connectivity index (χ0) is 15.3. The van der Waals surface area contributed by atoms with Gasteiger partial charge in [-0.2, -0.15) is 0 Å².